The maximum absolute atomic E-state index is 11.8. The zero-order valence-electron chi connectivity index (χ0n) is 10.2. The fraction of sp³-hybridized carbons (Fsp3) is 0.462. The first-order valence-corrected chi connectivity index (χ1v) is 5.96. The quantitative estimate of drug-likeness (QED) is 0.686. The van der Waals surface area contributed by atoms with Crippen LogP contribution in [0.4, 0.5) is 0 Å². The van der Waals surface area contributed by atoms with Gasteiger partial charge in [-0.05, 0) is 31.9 Å². The van der Waals surface area contributed by atoms with Crippen LogP contribution in [0.3, 0.4) is 0 Å². The van der Waals surface area contributed by atoms with Gasteiger partial charge in [-0.15, -0.1) is 0 Å². The van der Waals surface area contributed by atoms with E-state index in [1.807, 2.05) is 37.3 Å². The molecule has 0 saturated carbocycles. The van der Waals surface area contributed by atoms with Crippen LogP contribution in [-0.2, 0) is 4.79 Å². The molecule has 4 heteroatoms. The van der Waals surface area contributed by atoms with Crippen molar-refractivity contribution in [3.8, 4) is 0 Å². The summed E-state index contributed by atoms with van der Waals surface area (Å²) in [6.07, 6.45) is 1.40. The average Bonchev–Trinajstić information content (AvgIpc) is 2.36. The maximum Gasteiger partial charge on any atom is 0.237 e. The minimum atomic E-state index is -0.468. The van der Waals surface area contributed by atoms with E-state index in [-0.39, 0.29) is 11.9 Å². The van der Waals surface area contributed by atoms with Crippen molar-refractivity contribution in [2.45, 2.75) is 31.8 Å². The Kier molecular flexibility index (Phi) is 5.66. The number of carbonyl (C=O) groups excluding carboxylic acids is 1. The van der Waals surface area contributed by atoms with Gasteiger partial charge in [-0.2, -0.15) is 0 Å². The zero-order valence-corrected chi connectivity index (χ0v) is 10.2. The number of nitrogens with two attached hydrogens (primary N) is 2. The normalized spacial score (nSPS) is 14.1. The van der Waals surface area contributed by atoms with Crippen molar-refractivity contribution in [3.05, 3.63) is 35.9 Å². The lowest BCUT2D eigenvalue weighted by molar-refractivity contribution is -0.123. The lowest BCUT2D eigenvalue weighted by Gasteiger charge is -2.17. The second-order valence-electron chi connectivity index (χ2n) is 4.18. The molecule has 1 aromatic rings. The molecule has 0 spiro atoms. The number of nitrogens with one attached hydrogen (secondary N) is 1. The Bertz CT molecular complexity index is 340. The van der Waals surface area contributed by atoms with Crippen molar-refractivity contribution in [2.75, 3.05) is 6.54 Å². The van der Waals surface area contributed by atoms with Gasteiger partial charge in [0.2, 0.25) is 5.91 Å². The Morgan fingerprint density at radius 2 is 2.00 bits per heavy atom. The van der Waals surface area contributed by atoms with Crippen LogP contribution in [0.15, 0.2) is 30.3 Å². The van der Waals surface area contributed by atoms with Crippen LogP contribution >= 0.6 is 0 Å². The monoisotopic (exact) mass is 235 g/mol. The number of benzene rings is 1. The number of carbonyl (C=O) groups is 1. The molecule has 0 aliphatic heterocycles. The van der Waals surface area contributed by atoms with E-state index in [0.29, 0.717) is 13.0 Å². The Labute approximate surface area is 102 Å². The fourth-order valence-electron chi connectivity index (χ4n) is 1.61. The third kappa shape index (κ3) is 4.54. The van der Waals surface area contributed by atoms with Crippen LogP contribution in [0.2, 0.25) is 0 Å². The van der Waals surface area contributed by atoms with Gasteiger partial charge in [0.25, 0.3) is 0 Å². The summed E-state index contributed by atoms with van der Waals surface area (Å²) in [5, 5.41) is 2.90. The van der Waals surface area contributed by atoms with E-state index < -0.39 is 6.04 Å². The van der Waals surface area contributed by atoms with Gasteiger partial charge in [0.1, 0.15) is 0 Å². The van der Waals surface area contributed by atoms with Gasteiger partial charge in [0.05, 0.1) is 12.1 Å². The predicted molar refractivity (Wildman–Crippen MR) is 69.3 cm³/mol. The van der Waals surface area contributed by atoms with Gasteiger partial charge in [-0.3, -0.25) is 4.79 Å². The number of hydrogen-bond acceptors (Lipinski definition) is 3. The van der Waals surface area contributed by atoms with Crippen LogP contribution in [-0.4, -0.2) is 18.5 Å². The standard InChI is InChI=1S/C13H21N3O/c1-10(11-6-3-2-4-7-11)16-13(17)12(15)8-5-9-14/h2-4,6-7,10,12H,5,8-9,14-15H2,1H3,(H,16,17). The molecule has 0 saturated heterocycles. The Morgan fingerprint density at radius 3 is 2.59 bits per heavy atom. The average molecular weight is 235 g/mol. The molecule has 0 aliphatic carbocycles. The number of amides is 1. The van der Waals surface area contributed by atoms with Crippen molar-refractivity contribution in [1.29, 1.82) is 0 Å². The maximum atomic E-state index is 11.8. The molecule has 17 heavy (non-hydrogen) atoms. The van der Waals surface area contributed by atoms with Gasteiger partial charge in [0.15, 0.2) is 0 Å². The van der Waals surface area contributed by atoms with E-state index in [2.05, 4.69) is 5.32 Å². The Hall–Kier alpha value is -1.39. The molecule has 0 aromatic heterocycles. The predicted octanol–water partition coefficient (Wildman–Crippen LogP) is 0.930. The van der Waals surface area contributed by atoms with E-state index in [4.69, 9.17) is 11.5 Å². The summed E-state index contributed by atoms with van der Waals surface area (Å²) in [5.41, 5.74) is 12.2. The van der Waals surface area contributed by atoms with Crippen LogP contribution < -0.4 is 16.8 Å². The summed E-state index contributed by atoms with van der Waals surface area (Å²) in [6.45, 7) is 2.51. The van der Waals surface area contributed by atoms with Crippen molar-refractivity contribution >= 4 is 5.91 Å². The van der Waals surface area contributed by atoms with Crippen LogP contribution in [0.5, 0.6) is 0 Å². The first-order chi connectivity index (χ1) is 8.15. The fourth-order valence-corrected chi connectivity index (χ4v) is 1.61. The first-order valence-electron chi connectivity index (χ1n) is 5.96. The lowest BCUT2D eigenvalue weighted by atomic mass is 10.1. The van der Waals surface area contributed by atoms with Gasteiger partial charge >= 0.3 is 0 Å². The molecule has 4 nitrogen and oxygen atoms in total. The van der Waals surface area contributed by atoms with Gasteiger partial charge in [-0.25, -0.2) is 0 Å². The highest BCUT2D eigenvalue weighted by Gasteiger charge is 2.15. The first kappa shape index (κ1) is 13.7. The van der Waals surface area contributed by atoms with Gasteiger partial charge in [0, 0.05) is 0 Å². The summed E-state index contributed by atoms with van der Waals surface area (Å²) in [7, 11) is 0. The number of rotatable bonds is 6. The van der Waals surface area contributed by atoms with Crippen LogP contribution in [0.25, 0.3) is 0 Å². The highest BCUT2D eigenvalue weighted by molar-refractivity contribution is 5.81. The van der Waals surface area contributed by atoms with E-state index in [1.165, 1.54) is 0 Å². The summed E-state index contributed by atoms with van der Waals surface area (Å²) in [5.74, 6) is -0.116. The highest BCUT2D eigenvalue weighted by Crippen LogP contribution is 2.11. The van der Waals surface area contributed by atoms with Crippen molar-refractivity contribution in [3.63, 3.8) is 0 Å². The molecule has 94 valence electrons. The van der Waals surface area contributed by atoms with E-state index in [1.54, 1.807) is 0 Å². The molecule has 2 atom stereocenters. The minimum absolute atomic E-state index is 0.0207. The molecule has 0 fully saturated rings. The SMILES string of the molecule is CC(NC(=O)C(N)CCCN)c1ccccc1. The van der Waals surface area contributed by atoms with E-state index in [0.717, 1.165) is 12.0 Å². The third-order valence-corrected chi connectivity index (χ3v) is 2.71. The molecule has 2 unspecified atom stereocenters. The summed E-state index contributed by atoms with van der Waals surface area (Å²) < 4.78 is 0. The largest absolute Gasteiger partial charge is 0.348 e. The molecule has 1 rings (SSSR count). The van der Waals surface area contributed by atoms with Crippen LogP contribution in [0.1, 0.15) is 31.4 Å². The summed E-state index contributed by atoms with van der Waals surface area (Å²) >= 11 is 0. The molecule has 0 radical (unpaired) electrons. The lowest BCUT2D eigenvalue weighted by Crippen LogP contribution is -2.41. The van der Waals surface area contributed by atoms with E-state index >= 15 is 0 Å². The summed E-state index contributed by atoms with van der Waals surface area (Å²) in [4.78, 5) is 11.8. The molecule has 1 amide bonds. The second-order valence-corrected chi connectivity index (χ2v) is 4.18. The Morgan fingerprint density at radius 1 is 1.35 bits per heavy atom. The van der Waals surface area contributed by atoms with E-state index in [9.17, 15) is 4.79 Å². The molecular formula is C13H21N3O. The van der Waals surface area contributed by atoms with Gasteiger partial charge < -0.3 is 16.8 Å². The smallest absolute Gasteiger partial charge is 0.237 e. The summed E-state index contributed by atoms with van der Waals surface area (Å²) in [6, 6.07) is 9.33. The molecule has 0 heterocycles. The molecule has 5 N–H and O–H groups in total. The third-order valence-electron chi connectivity index (χ3n) is 2.71. The van der Waals surface area contributed by atoms with Crippen molar-refractivity contribution < 1.29 is 4.79 Å². The topological polar surface area (TPSA) is 81.1 Å². The molecule has 0 aliphatic rings. The van der Waals surface area contributed by atoms with Crippen molar-refractivity contribution in [2.24, 2.45) is 11.5 Å². The van der Waals surface area contributed by atoms with Crippen LogP contribution in [0, 0.1) is 0 Å². The molecule has 1 aromatic carbocycles. The highest BCUT2D eigenvalue weighted by atomic mass is 16.2. The molecule has 0 bridgehead atoms. The molecular weight excluding hydrogens is 214 g/mol. The number of hydrogen-bond donors (Lipinski definition) is 3. The minimum Gasteiger partial charge on any atom is -0.348 e. The second kappa shape index (κ2) is 7.04. The van der Waals surface area contributed by atoms with Crippen molar-refractivity contribution in [1.82, 2.24) is 5.32 Å². The zero-order chi connectivity index (χ0) is 12.7. The van der Waals surface area contributed by atoms with Gasteiger partial charge in [-0.1, -0.05) is 30.3 Å². The Balaban J connectivity index is 2.46.